The molecule has 1 heterocycles. The maximum Gasteiger partial charge on any atom is 0.176 e. The Bertz CT molecular complexity index is 934. The van der Waals surface area contributed by atoms with Gasteiger partial charge in [0.25, 0.3) is 0 Å². The maximum absolute atomic E-state index is 14.0. The molecule has 0 saturated heterocycles. The van der Waals surface area contributed by atoms with Gasteiger partial charge in [0.05, 0.1) is 6.54 Å². The van der Waals surface area contributed by atoms with Gasteiger partial charge in [-0.25, -0.2) is 4.39 Å². The number of benzene rings is 2. The Morgan fingerprint density at radius 3 is 2.65 bits per heavy atom. The number of aromatic nitrogens is 2. The zero-order valence-electron chi connectivity index (χ0n) is 14.4. The number of hydrogen-bond donors (Lipinski definition) is 2. The van der Waals surface area contributed by atoms with Crippen molar-refractivity contribution >= 4 is 40.4 Å². The number of rotatable bonds is 4. The van der Waals surface area contributed by atoms with Crippen LogP contribution >= 0.6 is 23.8 Å². The van der Waals surface area contributed by atoms with Gasteiger partial charge in [0.1, 0.15) is 5.82 Å². The summed E-state index contributed by atoms with van der Waals surface area (Å²) in [5.41, 5.74) is 3.30. The number of para-hydroxylation sites is 1. The third-order valence-corrected chi connectivity index (χ3v) is 4.54. The minimum absolute atomic E-state index is 0.247. The number of nitrogens with zero attached hydrogens (tertiary/aromatic N) is 2. The van der Waals surface area contributed by atoms with Gasteiger partial charge in [0.15, 0.2) is 10.9 Å². The Labute approximate surface area is 162 Å². The molecule has 3 rings (SSSR count). The molecule has 0 aliphatic heterocycles. The summed E-state index contributed by atoms with van der Waals surface area (Å²) in [6.45, 7) is 4.14. The van der Waals surface area contributed by atoms with E-state index < -0.39 is 0 Å². The molecule has 0 aliphatic carbocycles. The second-order valence-corrected chi connectivity index (χ2v) is 6.74. The Morgan fingerprint density at radius 1 is 1.15 bits per heavy atom. The van der Waals surface area contributed by atoms with Crippen molar-refractivity contribution in [1.29, 1.82) is 0 Å². The van der Waals surface area contributed by atoms with Crippen molar-refractivity contribution in [3.8, 4) is 0 Å². The van der Waals surface area contributed by atoms with Crippen LogP contribution in [0.4, 0.5) is 15.9 Å². The van der Waals surface area contributed by atoms with Crippen LogP contribution in [0.3, 0.4) is 0 Å². The van der Waals surface area contributed by atoms with E-state index in [1.165, 1.54) is 6.07 Å². The Morgan fingerprint density at radius 2 is 1.92 bits per heavy atom. The molecule has 3 aromatic rings. The molecule has 0 fully saturated rings. The van der Waals surface area contributed by atoms with E-state index in [-0.39, 0.29) is 12.4 Å². The highest BCUT2D eigenvalue weighted by molar-refractivity contribution is 7.80. The molecule has 0 bridgehead atoms. The number of halogens is 2. The number of anilines is 2. The highest BCUT2D eigenvalue weighted by atomic mass is 35.5. The van der Waals surface area contributed by atoms with Crippen LogP contribution in [-0.4, -0.2) is 14.9 Å². The third kappa shape index (κ3) is 4.20. The largest absolute Gasteiger partial charge is 0.332 e. The fourth-order valence-corrected chi connectivity index (χ4v) is 2.98. The van der Waals surface area contributed by atoms with Crippen molar-refractivity contribution in [2.75, 3.05) is 10.6 Å². The minimum Gasteiger partial charge on any atom is -0.332 e. The first-order chi connectivity index (χ1) is 12.4. The lowest BCUT2D eigenvalue weighted by Gasteiger charge is -2.11. The maximum atomic E-state index is 14.0. The quantitative estimate of drug-likeness (QED) is 0.606. The smallest absolute Gasteiger partial charge is 0.176 e. The average molecular weight is 389 g/mol. The first-order valence-corrected chi connectivity index (χ1v) is 8.83. The molecule has 0 atom stereocenters. The van der Waals surface area contributed by atoms with Crippen LogP contribution in [0.5, 0.6) is 0 Å². The molecule has 0 radical (unpaired) electrons. The number of thiocarbonyl (C=S) groups is 1. The first-order valence-electron chi connectivity index (χ1n) is 8.05. The molecule has 0 saturated carbocycles. The summed E-state index contributed by atoms with van der Waals surface area (Å²) in [5.74, 6) is 0.236. The van der Waals surface area contributed by atoms with E-state index >= 15 is 0 Å². The fourth-order valence-electron chi connectivity index (χ4n) is 2.55. The monoisotopic (exact) mass is 388 g/mol. The Balaban J connectivity index is 1.72. The van der Waals surface area contributed by atoms with Crippen molar-refractivity contribution in [3.63, 3.8) is 0 Å². The van der Waals surface area contributed by atoms with Gasteiger partial charge >= 0.3 is 0 Å². The standard InChI is InChI=1S/C19H18ClFN4S/c1-12-6-3-4-9-17(12)22-19(26)23-18-10-13(2)25(24-18)11-14-15(20)7-5-8-16(14)21/h3-10H,11H2,1-2H3,(H2,22,23,24,26). The third-order valence-electron chi connectivity index (χ3n) is 3.99. The predicted molar refractivity (Wildman–Crippen MR) is 108 cm³/mol. The van der Waals surface area contributed by atoms with Crippen molar-refractivity contribution < 1.29 is 4.39 Å². The molecule has 0 amide bonds. The summed E-state index contributed by atoms with van der Waals surface area (Å²) >= 11 is 11.4. The van der Waals surface area contributed by atoms with E-state index in [9.17, 15) is 4.39 Å². The molecular formula is C19H18ClFN4S. The first kappa shape index (κ1) is 18.4. The highest BCUT2D eigenvalue weighted by Crippen LogP contribution is 2.21. The molecule has 4 nitrogen and oxygen atoms in total. The van der Waals surface area contributed by atoms with E-state index in [4.69, 9.17) is 23.8 Å². The predicted octanol–water partition coefficient (Wildman–Crippen LogP) is 5.15. The molecule has 0 spiro atoms. The van der Waals surface area contributed by atoms with Crippen LogP contribution in [0.2, 0.25) is 5.02 Å². The van der Waals surface area contributed by atoms with Gasteiger partial charge in [-0.1, -0.05) is 35.9 Å². The van der Waals surface area contributed by atoms with Crippen molar-refractivity contribution in [2.24, 2.45) is 0 Å². The van der Waals surface area contributed by atoms with Gasteiger partial charge in [0, 0.05) is 28.0 Å². The zero-order valence-corrected chi connectivity index (χ0v) is 16.0. The van der Waals surface area contributed by atoms with Gasteiger partial charge in [-0.3, -0.25) is 4.68 Å². The highest BCUT2D eigenvalue weighted by Gasteiger charge is 2.12. The molecule has 7 heteroatoms. The normalized spacial score (nSPS) is 10.6. The van der Waals surface area contributed by atoms with Crippen molar-refractivity contribution in [1.82, 2.24) is 9.78 Å². The molecule has 1 aromatic heterocycles. The van der Waals surface area contributed by atoms with Crippen LogP contribution in [0.1, 0.15) is 16.8 Å². The number of nitrogens with one attached hydrogen (secondary N) is 2. The summed E-state index contributed by atoms with van der Waals surface area (Å²) < 4.78 is 15.7. The summed E-state index contributed by atoms with van der Waals surface area (Å²) in [7, 11) is 0. The summed E-state index contributed by atoms with van der Waals surface area (Å²) in [4.78, 5) is 0. The van der Waals surface area contributed by atoms with Crippen LogP contribution in [0, 0.1) is 19.7 Å². The van der Waals surface area contributed by atoms with Crippen LogP contribution < -0.4 is 10.6 Å². The topological polar surface area (TPSA) is 41.9 Å². The lowest BCUT2D eigenvalue weighted by atomic mass is 10.2. The van der Waals surface area contributed by atoms with Crippen LogP contribution in [0.25, 0.3) is 0 Å². The van der Waals surface area contributed by atoms with E-state index in [0.717, 1.165) is 16.9 Å². The summed E-state index contributed by atoms with van der Waals surface area (Å²) in [5, 5.41) is 11.5. The fraction of sp³-hybridized carbons (Fsp3) is 0.158. The summed E-state index contributed by atoms with van der Waals surface area (Å²) in [6, 6.07) is 14.3. The molecule has 26 heavy (non-hydrogen) atoms. The SMILES string of the molecule is Cc1ccccc1NC(=S)Nc1cc(C)n(Cc2c(F)cccc2Cl)n1. The van der Waals surface area contributed by atoms with E-state index in [1.54, 1.807) is 16.8 Å². The summed E-state index contributed by atoms with van der Waals surface area (Å²) in [6.07, 6.45) is 0. The number of aryl methyl sites for hydroxylation is 2. The van der Waals surface area contributed by atoms with E-state index in [1.807, 2.05) is 44.2 Å². The van der Waals surface area contributed by atoms with Crippen molar-refractivity contribution in [2.45, 2.75) is 20.4 Å². The van der Waals surface area contributed by atoms with E-state index in [0.29, 0.717) is 21.5 Å². The molecule has 134 valence electrons. The number of hydrogen-bond acceptors (Lipinski definition) is 2. The Kier molecular flexibility index (Phi) is 5.54. The van der Waals surface area contributed by atoms with Gasteiger partial charge in [-0.05, 0) is 49.8 Å². The average Bonchev–Trinajstić information content (AvgIpc) is 2.92. The zero-order chi connectivity index (χ0) is 18.7. The van der Waals surface area contributed by atoms with Gasteiger partial charge < -0.3 is 10.6 Å². The van der Waals surface area contributed by atoms with Gasteiger partial charge in [-0.15, -0.1) is 0 Å². The van der Waals surface area contributed by atoms with Gasteiger partial charge in [-0.2, -0.15) is 5.10 Å². The molecule has 0 aliphatic rings. The lowest BCUT2D eigenvalue weighted by Crippen LogP contribution is -2.20. The minimum atomic E-state index is -0.348. The lowest BCUT2D eigenvalue weighted by molar-refractivity contribution is 0.581. The van der Waals surface area contributed by atoms with Gasteiger partial charge in [0.2, 0.25) is 0 Å². The molecule has 2 aromatic carbocycles. The molecule has 2 N–H and O–H groups in total. The van der Waals surface area contributed by atoms with Crippen LogP contribution in [-0.2, 0) is 6.54 Å². The second kappa shape index (κ2) is 7.85. The second-order valence-electron chi connectivity index (χ2n) is 5.92. The molecule has 0 unspecified atom stereocenters. The van der Waals surface area contributed by atoms with Crippen molar-refractivity contribution in [3.05, 3.63) is 76.2 Å². The molecular weight excluding hydrogens is 371 g/mol. The van der Waals surface area contributed by atoms with Crippen LogP contribution in [0.15, 0.2) is 48.5 Å². The van der Waals surface area contributed by atoms with E-state index in [2.05, 4.69) is 15.7 Å². The Hall–Kier alpha value is -2.44.